The fourth-order valence-electron chi connectivity index (χ4n) is 5.41. The van der Waals surface area contributed by atoms with E-state index in [1.165, 1.54) is 14.0 Å². The predicted octanol–water partition coefficient (Wildman–Crippen LogP) is 5.24. The largest absolute Gasteiger partial charge is 0.481 e. The third-order valence-corrected chi connectivity index (χ3v) is 8.70. The highest BCUT2D eigenvalue weighted by molar-refractivity contribution is 6.36. The second kappa shape index (κ2) is 14.2. The van der Waals surface area contributed by atoms with Crippen LogP contribution in [-0.4, -0.2) is 64.5 Å². The van der Waals surface area contributed by atoms with Gasteiger partial charge in [-0.2, -0.15) is 4.98 Å². The molecule has 0 fully saturated rings. The Labute approximate surface area is 276 Å². The Kier molecular flexibility index (Phi) is 10.3. The van der Waals surface area contributed by atoms with Gasteiger partial charge in [-0.1, -0.05) is 59.6 Å². The van der Waals surface area contributed by atoms with E-state index in [1.54, 1.807) is 19.4 Å². The Morgan fingerprint density at radius 1 is 1.02 bits per heavy atom. The van der Waals surface area contributed by atoms with Gasteiger partial charge in [0, 0.05) is 29.8 Å². The Hall–Kier alpha value is -4.00. The number of aliphatic hydroxyl groups is 1. The molecule has 5 rings (SSSR count). The van der Waals surface area contributed by atoms with Crippen LogP contribution in [0.3, 0.4) is 0 Å². The quantitative estimate of drug-likeness (QED) is 0.148. The third-order valence-electron chi connectivity index (χ3n) is 8.02. The predicted molar refractivity (Wildman–Crippen MR) is 175 cm³/mol. The van der Waals surface area contributed by atoms with E-state index in [2.05, 4.69) is 25.6 Å². The lowest BCUT2D eigenvalue weighted by molar-refractivity contribution is -0.145. The zero-order chi connectivity index (χ0) is 33.0. The van der Waals surface area contributed by atoms with Gasteiger partial charge < -0.3 is 29.7 Å². The van der Waals surface area contributed by atoms with E-state index in [9.17, 15) is 15.0 Å². The standard InChI is InChI=1S/C33H35Cl2N5O6/c1-33(17-41,32(42)43)38-14-18-13-24(34)30(40-29(18)44-3)46-27-12-11-20-19(7-5-8-21(20)27)22-9-6-10-23(28(22)35)25-16-37-26(15-36-2)31(39-25)45-4/h5-10,13,16,27,36,38,41H,11-12,14-15,17H2,1-4H3,(H,42,43)/t27-,33-/m0/s1. The van der Waals surface area contributed by atoms with Crippen LogP contribution in [-0.2, 0) is 24.3 Å². The van der Waals surface area contributed by atoms with Crippen LogP contribution in [0, 0.1) is 0 Å². The highest BCUT2D eigenvalue weighted by Gasteiger charge is 2.33. The fourth-order valence-corrected chi connectivity index (χ4v) is 5.96. The summed E-state index contributed by atoms with van der Waals surface area (Å²) in [6.07, 6.45) is 2.81. The van der Waals surface area contributed by atoms with E-state index in [0.717, 1.165) is 34.2 Å². The average molecular weight is 669 g/mol. The third kappa shape index (κ3) is 6.60. The first-order valence-corrected chi connectivity index (χ1v) is 15.3. The van der Waals surface area contributed by atoms with Crippen molar-refractivity contribution in [3.8, 4) is 40.0 Å². The molecule has 4 aromatic rings. The minimum atomic E-state index is -1.54. The van der Waals surface area contributed by atoms with Crippen molar-refractivity contribution < 1.29 is 29.2 Å². The van der Waals surface area contributed by atoms with E-state index >= 15 is 0 Å². The zero-order valence-corrected chi connectivity index (χ0v) is 27.4. The Morgan fingerprint density at radius 3 is 2.43 bits per heavy atom. The molecule has 0 radical (unpaired) electrons. The van der Waals surface area contributed by atoms with Crippen LogP contribution in [0.15, 0.2) is 48.7 Å². The van der Waals surface area contributed by atoms with Crippen LogP contribution >= 0.6 is 23.2 Å². The second-order valence-corrected chi connectivity index (χ2v) is 11.8. The fraction of sp³-hybridized carbons (Fsp3) is 0.333. The number of aliphatic carboxylic acids is 1. The van der Waals surface area contributed by atoms with Gasteiger partial charge in [-0.05, 0) is 49.6 Å². The number of nitrogens with zero attached hydrogens (tertiary/aromatic N) is 3. The molecule has 0 bridgehead atoms. The van der Waals surface area contributed by atoms with Crippen LogP contribution in [0.2, 0.25) is 10.0 Å². The molecule has 2 aromatic carbocycles. The normalized spacial score (nSPS) is 15.2. The van der Waals surface area contributed by atoms with Crippen molar-refractivity contribution in [3.63, 3.8) is 0 Å². The van der Waals surface area contributed by atoms with E-state index < -0.39 is 18.1 Å². The molecule has 2 atom stereocenters. The van der Waals surface area contributed by atoms with Crippen molar-refractivity contribution in [1.82, 2.24) is 25.6 Å². The number of methoxy groups -OCH3 is 2. The molecule has 0 aliphatic heterocycles. The van der Waals surface area contributed by atoms with Gasteiger partial charge >= 0.3 is 5.97 Å². The molecule has 1 aliphatic rings. The molecule has 4 N–H and O–H groups in total. The number of carbonyl (C=O) groups is 1. The summed E-state index contributed by atoms with van der Waals surface area (Å²) in [5, 5.41) is 25.7. The number of hydrogen-bond acceptors (Lipinski definition) is 10. The maximum Gasteiger partial charge on any atom is 0.326 e. The van der Waals surface area contributed by atoms with Gasteiger partial charge in [-0.25, -0.2) is 4.98 Å². The van der Waals surface area contributed by atoms with Crippen LogP contribution in [0.1, 0.15) is 41.8 Å². The molecule has 0 saturated heterocycles. The maximum absolute atomic E-state index is 11.6. The number of nitrogens with one attached hydrogen (secondary N) is 2. The Bertz CT molecular complexity index is 1760. The number of benzene rings is 2. The Morgan fingerprint density at radius 2 is 1.74 bits per heavy atom. The molecule has 0 amide bonds. The van der Waals surface area contributed by atoms with Crippen LogP contribution in [0.5, 0.6) is 17.6 Å². The molecular formula is C33H35Cl2N5O6. The molecule has 2 heterocycles. The van der Waals surface area contributed by atoms with Crippen molar-refractivity contribution >= 4 is 29.2 Å². The molecule has 0 spiro atoms. The monoisotopic (exact) mass is 667 g/mol. The van der Waals surface area contributed by atoms with Gasteiger partial charge in [-0.15, -0.1) is 0 Å². The first-order valence-electron chi connectivity index (χ1n) is 14.6. The lowest BCUT2D eigenvalue weighted by Crippen LogP contribution is -2.52. The molecule has 0 unspecified atom stereocenters. The van der Waals surface area contributed by atoms with Crippen LogP contribution < -0.4 is 24.8 Å². The van der Waals surface area contributed by atoms with E-state index in [4.69, 9.17) is 37.4 Å². The van der Waals surface area contributed by atoms with Gasteiger partial charge in [0.15, 0.2) is 0 Å². The second-order valence-electron chi connectivity index (χ2n) is 11.0. The SMILES string of the molecule is CNCc1ncc(-c2cccc(-c3cccc4c3CC[C@@H]4Oc3nc(OC)c(CN[C@@](C)(CO)C(=O)O)cc3Cl)c2Cl)nc1OC. The van der Waals surface area contributed by atoms with Crippen molar-refractivity contribution in [1.29, 1.82) is 0 Å². The average Bonchev–Trinajstić information content (AvgIpc) is 3.47. The molecule has 1 aliphatic carbocycles. The number of carboxylic acids is 1. The van der Waals surface area contributed by atoms with Gasteiger partial charge in [0.1, 0.15) is 22.4 Å². The molecule has 2 aromatic heterocycles. The number of ether oxygens (including phenoxy) is 3. The summed E-state index contributed by atoms with van der Waals surface area (Å²) in [7, 11) is 4.86. The summed E-state index contributed by atoms with van der Waals surface area (Å²) in [5.74, 6) is -0.325. The topological polar surface area (TPSA) is 148 Å². The summed E-state index contributed by atoms with van der Waals surface area (Å²) >= 11 is 13.7. The first-order chi connectivity index (χ1) is 22.1. The van der Waals surface area contributed by atoms with Crippen molar-refractivity contribution in [2.75, 3.05) is 27.9 Å². The zero-order valence-electron chi connectivity index (χ0n) is 25.9. The van der Waals surface area contributed by atoms with Crippen molar-refractivity contribution in [3.05, 3.63) is 81.1 Å². The van der Waals surface area contributed by atoms with Gasteiger partial charge in [0.25, 0.3) is 0 Å². The number of carboxylic acid groups (broad SMARTS) is 1. The molecule has 11 nitrogen and oxygen atoms in total. The molecule has 46 heavy (non-hydrogen) atoms. The number of hydrogen-bond donors (Lipinski definition) is 4. The Balaban J connectivity index is 1.42. The number of halogens is 2. The van der Waals surface area contributed by atoms with Crippen LogP contribution in [0.25, 0.3) is 22.4 Å². The molecule has 0 saturated carbocycles. The molecular weight excluding hydrogens is 633 g/mol. The summed E-state index contributed by atoms with van der Waals surface area (Å²) in [6, 6.07) is 13.5. The number of pyridine rings is 1. The minimum Gasteiger partial charge on any atom is -0.481 e. The van der Waals surface area contributed by atoms with Crippen molar-refractivity contribution in [2.24, 2.45) is 0 Å². The number of aliphatic hydroxyl groups excluding tert-OH is 1. The minimum absolute atomic E-state index is 0.0490. The summed E-state index contributed by atoms with van der Waals surface area (Å²) in [6.45, 7) is 1.36. The van der Waals surface area contributed by atoms with E-state index in [-0.39, 0.29) is 29.4 Å². The first kappa shape index (κ1) is 33.4. The summed E-state index contributed by atoms with van der Waals surface area (Å²) in [5.41, 5.74) is 4.99. The number of aromatic nitrogens is 3. The molecule has 13 heteroatoms. The number of fused-ring (bicyclic) bond motifs is 1. The summed E-state index contributed by atoms with van der Waals surface area (Å²) in [4.78, 5) is 25.3. The number of rotatable bonds is 13. The lowest BCUT2D eigenvalue weighted by atomic mass is 9.95. The smallest absolute Gasteiger partial charge is 0.326 e. The van der Waals surface area contributed by atoms with Gasteiger partial charge in [0.2, 0.25) is 17.6 Å². The maximum atomic E-state index is 11.6. The lowest BCUT2D eigenvalue weighted by Gasteiger charge is -2.24. The highest BCUT2D eigenvalue weighted by Crippen LogP contribution is 2.44. The van der Waals surface area contributed by atoms with E-state index in [1.807, 2.05) is 43.4 Å². The van der Waals surface area contributed by atoms with Gasteiger partial charge in [-0.3, -0.25) is 15.1 Å². The van der Waals surface area contributed by atoms with E-state index in [0.29, 0.717) is 40.8 Å². The highest BCUT2D eigenvalue weighted by atomic mass is 35.5. The van der Waals surface area contributed by atoms with Gasteiger partial charge in [0.05, 0.1) is 37.7 Å². The summed E-state index contributed by atoms with van der Waals surface area (Å²) < 4.78 is 17.3. The van der Waals surface area contributed by atoms with Crippen molar-refractivity contribution in [2.45, 2.75) is 44.5 Å². The van der Waals surface area contributed by atoms with Crippen LogP contribution in [0.4, 0.5) is 0 Å². The molecule has 242 valence electrons.